The van der Waals surface area contributed by atoms with Crippen molar-refractivity contribution in [2.24, 2.45) is 11.7 Å². The van der Waals surface area contributed by atoms with Gasteiger partial charge < -0.3 is 11.1 Å². The largest absolute Gasteiger partial charge is 0.349 e. The van der Waals surface area contributed by atoms with Crippen molar-refractivity contribution in [1.82, 2.24) is 5.32 Å². The number of hydrogen-bond donors (Lipinski definition) is 2. The van der Waals surface area contributed by atoms with E-state index in [1.54, 1.807) is 0 Å². The molecule has 3 nitrogen and oxygen atoms in total. The predicted molar refractivity (Wildman–Crippen MR) is 70.6 cm³/mol. The molecule has 0 aliphatic rings. The van der Waals surface area contributed by atoms with Gasteiger partial charge in [0.15, 0.2) is 0 Å². The Hall–Kier alpha value is -1.35. The maximum Gasteiger partial charge on any atom is 0.224 e. The Balaban J connectivity index is 2.66. The topological polar surface area (TPSA) is 55.1 Å². The van der Waals surface area contributed by atoms with Gasteiger partial charge in [-0.25, -0.2) is 0 Å². The van der Waals surface area contributed by atoms with E-state index in [2.05, 4.69) is 11.4 Å². The standard InChI is InChI=1S/C14H22N2O/c1-4-12(9-15)14(17)16-11(3)13-7-5-6-10(2)8-13/h5-8,11-12H,4,9,15H2,1-3H3,(H,16,17)/t11-,12?/m1/s1. The van der Waals surface area contributed by atoms with Crippen molar-refractivity contribution >= 4 is 5.91 Å². The van der Waals surface area contributed by atoms with Crippen LogP contribution < -0.4 is 11.1 Å². The fourth-order valence-corrected chi connectivity index (χ4v) is 1.81. The zero-order chi connectivity index (χ0) is 12.8. The number of nitrogens with two attached hydrogens (primary N) is 1. The summed E-state index contributed by atoms with van der Waals surface area (Å²) >= 11 is 0. The van der Waals surface area contributed by atoms with E-state index < -0.39 is 0 Å². The Morgan fingerprint density at radius 2 is 2.18 bits per heavy atom. The van der Waals surface area contributed by atoms with Gasteiger partial charge in [0.2, 0.25) is 5.91 Å². The highest BCUT2D eigenvalue weighted by Crippen LogP contribution is 2.14. The SMILES string of the molecule is CCC(CN)C(=O)N[C@H](C)c1cccc(C)c1. The second-order valence-corrected chi connectivity index (χ2v) is 4.49. The smallest absolute Gasteiger partial charge is 0.224 e. The van der Waals surface area contributed by atoms with Gasteiger partial charge in [-0.3, -0.25) is 4.79 Å². The average molecular weight is 234 g/mol. The second-order valence-electron chi connectivity index (χ2n) is 4.49. The Morgan fingerprint density at radius 1 is 1.47 bits per heavy atom. The van der Waals surface area contributed by atoms with Crippen LogP contribution >= 0.6 is 0 Å². The van der Waals surface area contributed by atoms with Crippen molar-refractivity contribution in [2.75, 3.05) is 6.54 Å². The number of aryl methyl sites for hydroxylation is 1. The molecule has 1 unspecified atom stereocenters. The molecule has 1 aromatic carbocycles. The third-order valence-corrected chi connectivity index (χ3v) is 3.05. The van der Waals surface area contributed by atoms with Gasteiger partial charge in [0, 0.05) is 12.5 Å². The van der Waals surface area contributed by atoms with E-state index in [0.717, 1.165) is 12.0 Å². The van der Waals surface area contributed by atoms with Crippen LogP contribution in [0.15, 0.2) is 24.3 Å². The number of carbonyl (C=O) groups is 1. The summed E-state index contributed by atoms with van der Waals surface area (Å²) in [4.78, 5) is 11.9. The zero-order valence-electron chi connectivity index (χ0n) is 10.9. The summed E-state index contributed by atoms with van der Waals surface area (Å²) < 4.78 is 0. The van der Waals surface area contributed by atoms with Crippen LogP contribution in [0, 0.1) is 12.8 Å². The summed E-state index contributed by atoms with van der Waals surface area (Å²) in [7, 11) is 0. The van der Waals surface area contributed by atoms with Crippen LogP contribution in [0.5, 0.6) is 0 Å². The number of carbonyl (C=O) groups excluding carboxylic acids is 1. The van der Waals surface area contributed by atoms with Gasteiger partial charge in [-0.1, -0.05) is 36.8 Å². The number of rotatable bonds is 5. The fraction of sp³-hybridized carbons (Fsp3) is 0.500. The highest BCUT2D eigenvalue weighted by molar-refractivity contribution is 5.79. The van der Waals surface area contributed by atoms with E-state index in [4.69, 9.17) is 5.73 Å². The van der Waals surface area contributed by atoms with Crippen LogP contribution in [-0.2, 0) is 4.79 Å². The molecule has 0 saturated carbocycles. The molecule has 0 heterocycles. The molecule has 94 valence electrons. The minimum Gasteiger partial charge on any atom is -0.349 e. The molecule has 0 aliphatic carbocycles. The molecule has 0 fully saturated rings. The number of nitrogens with one attached hydrogen (secondary N) is 1. The quantitative estimate of drug-likeness (QED) is 0.820. The molecule has 3 N–H and O–H groups in total. The Kier molecular flexibility index (Phi) is 5.16. The monoisotopic (exact) mass is 234 g/mol. The summed E-state index contributed by atoms with van der Waals surface area (Å²) in [5.41, 5.74) is 7.89. The first-order valence-corrected chi connectivity index (χ1v) is 6.15. The number of hydrogen-bond acceptors (Lipinski definition) is 2. The Morgan fingerprint density at radius 3 is 2.71 bits per heavy atom. The molecule has 0 radical (unpaired) electrons. The van der Waals surface area contributed by atoms with Gasteiger partial charge in [-0.15, -0.1) is 0 Å². The van der Waals surface area contributed by atoms with Crippen molar-refractivity contribution in [1.29, 1.82) is 0 Å². The van der Waals surface area contributed by atoms with Crippen molar-refractivity contribution < 1.29 is 4.79 Å². The minimum atomic E-state index is -0.0812. The molecule has 0 saturated heterocycles. The van der Waals surface area contributed by atoms with E-state index in [1.165, 1.54) is 5.56 Å². The molecule has 3 heteroatoms. The summed E-state index contributed by atoms with van der Waals surface area (Å²) in [5, 5.41) is 3.01. The van der Waals surface area contributed by atoms with E-state index in [1.807, 2.05) is 39.0 Å². The predicted octanol–water partition coefficient (Wildman–Crippen LogP) is 2.16. The zero-order valence-corrected chi connectivity index (χ0v) is 10.9. The van der Waals surface area contributed by atoms with Crippen LogP contribution in [-0.4, -0.2) is 12.5 Å². The lowest BCUT2D eigenvalue weighted by Gasteiger charge is -2.18. The molecule has 0 spiro atoms. The lowest BCUT2D eigenvalue weighted by molar-refractivity contribution is -0.125. The first kappa shape index (κ1) is 13.7. The van der Waals surface area contributed by atoms with E-state index >= 15 is 0 Å². The van der Waals surface area contributed by atoms with Gasteiger partial charge >= 0.3 is 0 Å². The summed E-state index contributed by atoms with van der Waals surface area (Å²) in [6.07, 6.45) is 0.781. The third kappa shape index (κ3) is 3.86. The maximum absolute atomic E-state index is 11.9. The minimum absolute atomic E-state index is 0.0306. The molecule has 2 atom stereocenters. The fourth-order valence-electron chi connectivity index (χ4n) is 1.81. The van der Waals surface area contributed by atoms with Crippen molar-refractivity contribution in [3.8, 4) is 0 Å². The molecular weight excluding hydrogens is 212 g/mol. The second kappa shape index (κ2) is 6.40. The lowest BCUT2D eigenvalue weighted by Crippen LogP contribution is -2.36. The van der Waals surface area contributed by atoms with Gasteiger partial charge in [0.05, 0.1) is 6.04 Å². The van der Waals surface area contributed by atoms with Crippen LogP contribution in [0.4, 0.5) is 0 Å². The van der Waals surface area contributed by atoms with Gasteiger partial charge in [-0.2, -0.15) is 0 Å². The van der Waals surface area contributed by atoms with Gasteiger partial charge in [0.1, 0.15) is 0 Å². The summed E-state index contributed by atoms with van der Waals surface area (Å²) in [6, 6.07) is 8.21. The average Bonchev–Trinajstić information content (AvgIpc) is 2.30. The molecular formula is C14H22N2O. The van der Waals surface area contributed by atoms with Gasteiger partial charge in [-0.05, 0) is 25.8 Å². The van der Waals surface area contributed by atoms with Crippen LogP contribution in [0.3, 0.4) is 0 Å². The van der Waals surface area contributed by atoms with Crippen LogP contribution in [0.2, 0.25) is 0 Å². The molecule has 1 aromatic rings. The van der Waals surface area contributed by atoms with Crippen LogP contribution in [0.25, 0.3) is 0 Å². The lowest BCUT2D eigenvalue weighted by atomic mass is 10.0. The van der Waals surface area contributed by atoms with E-state index in [9.17, 15) is 4.79 Å². The first-order chi connectivity index (χ1) is 8.08. The third-order valence-electron chi connectivity index (χ3n) is 3.05. The van der Waals surface area contributed by atoms with Crippen LogP contribution in [0.1, 0.15) is 37.4 Å². The normalized spacial score (nSPS) is 14.1. The maximum atomic E-state index is 11.9. The van der Waals surface area contributed by atoms with E-state index in [0.29, 0.717) is 6.54 Å². The first-order valence-electron chi connectivity index (χ1n) is 6.15. The molecule has 0 aromatic heterocycles. The molecule has 1 rings (SSSR count). The van der Waals surface area contributed by atoms with Crippen molar-refractivity contribution in [2.45, 2.75) is 33.2 Å². The van der Waals surface area contributed by atoms with Gasteiger partial charge in [0.25, 0.3) is 0 Å². The summed E-state index contributed by atoms with van der Waals surface area (Å²) in [6.45, 7) is 6.43. The Bertz CT molecular complexity index is 372. The molecule has 1 amide bonds. The van der Waals surface area contributed by atoms with Crippen molar-refractivity contribution in [3.05, 3.63) is 35.4 Å². The number of amides is 1. The summed E-state index contributed by atoms with van der Waals surface area (Å²) in [5.74, 6) is -0.0359. The van der Waals surface area contributed by atoms with E-state index in [-0.39, 0.29) is 17.9 Å². The highest BCUT2D eigenvalue weighted by atomic mass is 16.1. The highest BCUT2D eigenvalue weighted by Gasteiger charge is 2.17. The molecule has 17 heavy (non-hydrogen) atoms. The molecule has 0 aliphatic heterocycles. The molecule has 0 bridgehead atoms. The van der Waals surface area contributed by atoms with Crippen molar-refractivity contribution in [3.63, 3.8) is 0 Å². The number of benzene rings is 1. The Labute approximate surface area is 103 Å².